The molecule has 5 atom stereocenters. The molecule has 85 heavy (non-hydrogen) atoms. The quantitative estimate of drug-likeness (QED) is 0.0146. The lowest BCUT2D eigenvalue weighted by Crippen LogP contribution is -2.30. The fourth-order valence-corrected chi connectivity index (χ4v) is 9.19. The van der Waals surface area contributed by atoms with E-state index in [1.54, 1.807) is 0 Å². The molecular formula is C67H110O16P2. The smallest absolute Gasteiger partial charge is 0.463 e. The van der Waals surface area contributed by atoms with Crippen molar-refractivity contribution in [1.29, 1.82) is 0 Å². The first kappa shape index (κ1) is 80.7. The molecule has 0 aliphatic rings. The summed E-state index contributed by atoms with van der Waals surface area (Å²) in [5, 5.41) is 20.5. The summed E-state index contributed by atoms with van der Waals surface area (Å²) in [7, 11) is -9.80. The van der Waals surface area contributed by atoms with Crippen molar-refractivity contribution in [1.82, 2.24) is 0 Å². The number of phosphoric ester groups is 2. The van der Waals surface area contributed by atoms with Gasteiger partial charge in [0.15, 0.2) is 6.10 Å². The second kappa shape index (κ2) is 60.0. The molecule has 0 radical (unpaired) electrons. The summed E-state index contributed by atoms with van der Waals surface area (Å²) in [4.78, 5) is 58.1. The molecule has 0 fully saturated rings. The maximum atomic E-state index is 12.8. The molecule has 0 bridgehead atoms. The van der Waals surface area contributed by atoms with Gasteiger partial charge >= 0.3 is 33.6 Å². The predicted octanol–water partition coefficient (Wildman–Crippen LogP) is 16.9. The standard InChI is InChI=1S/C67H110O16P2/c1-4-7-10-13-16-19-22-24-26-28-29-30-31-33-35-36-39-41-44-47-50-53-65(70)77-56-62(68)57-79-84(73,74)80-58-63(69)59-81-85(75,76)82-61-64(83-67(72)55-52-49-46-43-38-21-18-15-12-9-6-3)60-78-66(71)54-51-48-45-42-40-37-34-32-27-25-23-20-17-14-11-8-5-2/h7-8,10-11,16-17,19-20,24-27,29-30,33-35,37,39,41-42,45,62-64,68-69H,4-6,9,12-15,18,21-23,28,31-32,36,38,40,43-44,46-61H2,1-3H3,(H,73,74)(H,75,76)/b10-7-,11-8-,19-16-,20-17-,26-24-,27-25-,30-29-,35-33-,37-34-,41-39-,45-42-. The van der Waals surface area contributed by atoms with Crippen LogP contribution in [0.3, 0.4) is 0 Å². The summed E-state index contributed by atoms with van der Waals surface area (Å²) >= 11 is 0. The molecule has 0 aliphatic heterocycles. The predicted molar refractivity (Wildman–Crippen MR) is 343 cm³/mol. The highest BCUT2D eigenvalue weighted by Crippen LogP contribution is 2.45. The first-order valence-corrected chi connectivity index (χ1v) is 34.5. The summed E-state index contributed by atoms with van der Waals surface area (Å²) in [6, 6.07) is 0. The highest BCUT2D eigenvalue weighted by Gasteiger charge is 2.29. The number of esters is 3. The van der Waals surface area contributed by atoms with E-state index in [2.05, 4.69) is 142 Å². The van der Waals surface area contributed by atoms with E-state index in [-0.39, 0.29) is 19.3 Å². The van der Waals surface area contributed by atoms with E-state index in [0.717, 1.165) is 109 Å². The van der Waals surface area contributed by atoms with Crippen molar-refractivity contribution in [2.24, 2.45) is 0 Å². The Kier molecular flexibility index (Phi) is 57.0. The number of rotatable bonds is 58. The van der Waals surface area contributed by atoms with Gasteiger partial charge in [0.25, 0.3) is 0 Å². The number of ether oxygens (including phenoxy) is 3. The molecule has 0 spiro atoms. The van der Waals surface area contributed by atoms with Crippen molar-refractivity contribution in [3.05, 3.63) is 134 Å². The molecule has 18 heteroatoms. The van der Waals surface area contributed by atoms with E-state index in [9.17, 15) is 43.5 Å². The maximum absolute atomic E-state index is 12.8. The lowest BCUT2D eigenvalue weighted by Gasteiger charge is -2.21. The van der Waals surface area contributed by atoms with Crippen LogP contribution in [0, 0.1) is 0 Å². The highest BCUT2D eigenvalue weighted by molar-refractivity contribution is 7.47. The van der Waals surface area contributed by atoms with E-state index < -0.39 is 91.5 Å². The van der Waals surface area contributed by atoms with Gasteiger partial charge in [-0.2, -0.15) is 0 Å². The van der Waals surface area contributed by atoms with Gasteiger partial charge in [-0.25, -0.2) is 9.13 Å². The molecule has 0 amide bonds. The van der Waals surface area contributed by atoms with Crippen LogP contribution in [0.2, 0.25) is 0 Å². The number of allylic oxidation sites excluding steroid dienone is 22. The molecule has 0 aliphatic carbocycles. The third-order valence-electron chi connectivity index (χ3n) is 12.4. The van der Waals surface area contributed by atoms with Gasteiger partial charge in [0.1, 0.15) is 25.4 Å². The summed E-state index contributed by atoms with van der Waals surface area (Å²) in [5.74, 6) is -1.70. The molecule has 16 nitrogen and oxygen atoms in total. The number of unbranched alkanes of at least 4 members (excludes halogenated alkanes) is 13. The van der Waals surface area contributed by atoms with Crippen molar-refractivity contribution in [3.8, 4) is 0 Å². The number of carbonyl (C=O) groups excluding carboxylic acids is 3. The zero-order valence-electron chi connectivity index (χ0n) is 52.0. The van der Waals surface area contributed by atoms with Crippen LogP contribution in [0.25, 0.3) is 0 Å². The van der Waals surface area contributed by atoms with Gasteiger partial charge in [-0.1, -0.05) is 219 Å². The van der Waals surface area contributed by atoms with Crippen molar-refractivity contribution >= 4 is 33.6 Å². The lowest BCUT2D eigenvalue weighted by molar-refractivity contribution is -0.161. The van der Waals surface area contributed by atoms with Crippen molar-refractivity contribution in [3.63, 3.8) is 0 Å². The monoisotopic (exact) mass is 1230 g/mol. The molecule has 0 aromatic carbocycles. The Labute approximate surface area is 512 Å². The molecular weight excluding hydrogens is 1120 g/mol. The molecule has 484 valence electrons. The minimum Gasteiger partial charge on any atom is -0.463 e. The van der Waals surface area contributed by atoms with Crippen LogP contribution >= 0.6 is 15.6 Å². The van der Waals surface area contributed by atoms with Crippen molar-refractivity contribution in [2.75, 3.05) is 39.6 Å². The van der Waals surface area contributed by atoms with Gasteiger partial charge in [-0.05, 0) is 109 Å². The second-order valence-corrected chi connectivity index (χ2v) is 23.4. The fourth-order valence-electron chi connectivity index (χ4n) is 7.61. The van der Waals surface area contributed by atoms with Crippen molar-refractivity contribution < 1.29 is 75.8 Å². The van der Waals surface area contributed by atoms with Gasteiger partial charge in [0, 0.05) is 19.3 Å². The number of hydrogen-bond acceptors (Lipinski definition) is 14. The van der Waals surface area contributed by atoms with Crippen LogP contribution in [-0.2, 0) is 55.8 Å². The first-order chi connectivity index (χ1) is 41.2. The SMILES string of the molecule is CC/C=C\C/C=C\C/C=C\C/C=C\C/C=C\C/C=C\CCCCC(=O)OCC(O)COP(=O)(O)OCC(O)COP(=O)(O)OCC(COC(=O)CCC/C=C\C/C=C\C/C=C\C/C=C\C/C=C\CC)OC(=O)CCCCCCCCCCCCC. The molecule has 0 saturated heterocycles. The average Bonchev–Trinajstić information content (AvgIpc) is 3.60. The first-order valence-electron chi connectivity index (χ1n) is 31.5. The number of aliphatic hydroxyl groups is 2. The maximum Gasteiger partial charge on any atom is 0.472 e. The average molecular weight is 1230 g/mol. The number of phosphoric acid groups is 2. The van der Waals surface area contributed by atoms with Gasteiger partial charge in [-0.3, -0.25) is 32.5 Å². The molecule has 5 unspecified atom stereocenters. The number of aliphatic hydroxyl groups excluding tert-OH is 2. The van der Waals surface area contributed by atoms with Crippen LogP contribution in [0.5, 0.6) is 0 Å². The topological polar surface area (TPSA) is 231 Å². The molecule has 0 saturated carbocycles. The Morgan fingerprint density at radius 3 is 1.04 bits per heavy atom. The van der Waals surface area contributed by atoms with Crippen LogP contribution in [0.15, 0.2) is 134 Å². The Bertz CT molecular complexity index is 2090. The van der Waals surface area contributed by atoms with Crippen LogP contribution in [0.1, 0.15) is 213 Å². The molecule has 0 heterocycles. The van der Waals surface area contributed by atoms with Gasteiger partial charge in [0.2, 0.25) is 0 Å². The van der Waals surface area contributed by atoms with Gasteiger partial charge in [-0.15, -0.1) is 0 Å². The number of hydrogen-bond donors (Lipinski definition) is 4. The van der Waals surface area contributed by atoms with Crippen LogP contribution in [0.4, 0.5) is 0 Å². The summed E-state index contributed by atoms with van der Waals surface area (Å²) in [6.07, 6.45) is 68.2. The zero-order chi connectivity index (χ0) is 62.4. The van der Waals surface area contributed by atoms with E-state index in [1.165, 1.54) is 38.5 Å². The lowest BCUT2D eigenvalue weighted by atomic mass is 10.1. The van der Waals surface area contributed by atoms with Gasteiger partial charge in [0.05, 0.1) is 26.4 Å². The Morgan fingerprint density at radius 1 is 0.341 bits per heavy atom. The summed E-state index contributed by atoms with van der Waals surface area (Å²) < 4.78 is 60.6. The molecule has 0 aromatic heterocycles. The largest absolute Gasteiger partial charge is 0.472 e. The van der Waals surface area contributed by atoms with E-state index >= 15 is 0 Å². The number of carbonyl (C=O) groups is 3. The van der Waals surface area contributed by atoms with E-state index in [0.29, 0.717) is 25.7 Å². The molecule has 4 N–H and O–H groups in total. The molecule has 0 aromatic rings. The highest BCUT2D eigenvalue weighted by atomic mass is 31.2. The van der Waals surface area contributed by atoms with Crippen LogP contribution in [-0.4, -0.2) is 95.9 Å². The zero-order valence-corrected chi connectivity index (χ0v) is 53.8. The Hall–Kier alpha value is -4.31. The summed E-state index contributed by atoms with van der Waals surface area (Å²) in [5.41, 5.74) is 0. The fraction of sp³-hybridized carbons (Fsp3) is 0.627. The van der Waals surface area contributed by atoms with Gasteiger partial charge < -0.3 is 34.2 Å². The van der Waals surface area contributed by atoms with Crippen LogP contribution < -0.4 is 0 Å². The third kappa shape index (κ3) is 61.1. The Balaban J connectivity index is 4.70. The third-order valence-corrected chi connectivity index (χ3v) is 14.3. The normalized spacial score (nSPS) is 15.2. The second-order valence-electron chi connectivity index (χ2n) is 20.5. The summed E-state index contributed by atoms with van der Waals surface area (Å²) in [6.45, 7) is 2.27. The minimum atomic E-state index is -4.93. The van der Waals surface area contributed by atoms with Crippen molar-refractivity contribution in [2.45, 2.75) is 232 Å². The minimum absolute atomic E-state index is 0.0890. The van der Waals surface area contributed by atoms with E-state index in [1.807, 2.05) is 12.2 Å². The molecule has 0 rings (SSSR count). The van der Waals surface area contributed by atoms with E-state index in [4.69, 9.17) is 32.3 Å². The Morgan fingerprint density at radius 2 is 0.635 bits per heavy atom.